The van der Waals surface area contributed by atoms with Gasteiger partial charge in [-0.1, -0.05) is 0 Å². The topological polar surface area (TPSA) is 74.8 Å². The lowest BCUT2D eigenvalue weighted by Crippen LogP contribution is -2.45. The Kier molecular flexibility index (Phi) is 5.71. The summed E-state index contributed by atoms with van der Waals surface area (Å²) in [6, 6.07) is 8.65. The highest BCUT2D eigenvalue weighted by Crippen LogP contribution is 2.36. The fourth-order valence-electron chi connectivity index (χ4n) is 2.97. The van der Waals surface area contributed by atoms with E-state index in [4.69, 9.17) is 4.74 Å². The van der Waals surface area contributed by atoms with E-state index in [-0.39, 0.29) is 11.8 Å². The van der Waals surface area contributed by atoms with Crippen LogP contribution in [0.1, 0.15) is 23.7 Å². The molecule has 0 fully saturated rings. The molecule has 3 rings (SSSR count). The molecule has 1 unspecified atom stereocenters. The SMILES string of the molecule is CC1Oc2ccc(NC(=O)c3ccncc3)cc2N(CCCN(C)C)C1=O. The van der Waals surface area contributed by atoms with Crippen molar-refractivity contribution in [2.75, 3.05) is 37.4 Å². The number of carbonyl (C=O) groups is 2. The van der Waals surface area contributed by atoms with Crippen molar-refractivity contribution in [1.82, 2.24) is 9.88 Å². The fraction of sp³-hybridized carbons (Fsp3) is 0.350. The summed E-state index contributed by atoms with van der Waals surface area (Å²) in [6.45, 7) is 3.23. The minimum absolute atomic E-state index is 0.0705. The average Bonchev–Trinajstić information content (AvgIpc) is 2.65. The van der Waals surface area contributed by atoms with Crippen LogP contribution in [-0.2, 0) is 4.79 Å². The Labute approximate surface area is 158 Å². The zero-order valence-electron chi connectivity index (χ0n) is 15.8. The van der Waals surface area contributed by atoms with Gasteiger partial charge in [0.2, 0.25) is 0 Å². The van der Waals surface area contributed by atoms with E-state index in [0.717, 1.165) is 13.0 Å². The Bertz CT molecular complexity index is 823. The minimum atomic E-state index is -0.519. The predicted octanol–water partition coefficient (Wildman–Crippen LogP) is 2.40. The first-order valence-electron chi connectivity index (χ1n) is 8.94. The van der Waals surface area contributed by atoms with Crippen LogP contribution in [0, 0.1) is 0 Å². The highest BCUT2D eigenvalue weighted by molar-refractivity contribution is 6.05. The van der Waals surface area contributed by atoms with Gasteiger partial charge in [0.1, 0.15) is 5.75 Å². The highest BCUT2D eigenvalue weighted by atomic mass is 16.5. The molecule has 1 aromatic heterocycles. The standard InChI is InChI=1S/C20H24N4O3/c1-14-20(26)24(12-4-11-23(2)3)17-13-16(5-6-18(17)27-14)22-19(25)15-7-9-21-10-8-15/h5-10,13-14H,4,11-12H2,1-3H3,(H,22,25). The van der Waals surface area contributed by atoms with Crippen molar-refractivity contribution in [3.8, 4) is 5.75 Å². The van der Waals surface area contributed by atoms with Crippen molar-refractivity contribution in [2.45, 2.75) is 19.4 Å². The molecular formula is C20H24N4O3. The second-order valence-electron chi connectivity index (χ2n) is 6.78. The maximum atomic E-state index is 12.6. The first-order chi connectivity index (χ1) is 13.0. The Morgan fingerprint density at radius 3 is 2.70 bits per heavy atom. The van der Waals surface area contributed by atoms with E-state index in [1.807, 2.05) is 14.1 Å². The van der Waals surface area contributed by atoms with E-state index in [2.05, 4.69) is 15.2 Å². The summed E-state index contributed by atoms with van der Waals surface area (Å²) in [6.07, 6.45) is 3.47. The maximum absolute atomic E-state index is 12.6. The molecule has 0 radical (unpaired) electrons. The van der Waals surface area contributed by atoms with Crippen LogP contribution in [0.5, 0.6) is 5.75 Å². The first kappa shape index (κ1) is 18.8. The molecule has 2 amide bonds. The Morgan fingerprint density at radius 1 is 1.26 bits per heavy atom. The molecule has 1 aromatic carbocycles. The number of fused-ring (bicyclic) bond motifs is 1. The monoisotopic (exact) mass is 368 g/mol. The van der Waals surface area contributed by atoms with E-state index in [1.165, 1.54) is 0 Å². The van der Waals surface area contributed by atoms with Crippen LogP contribution in [0.15, 0.2) is 42.7 Å². The Morgan fingerprint density at radius 2 is 2.00 bits per heavy atom. The lowest BCUT2D eigenvalue weighted by Gasteiger charge is -2.33. The number of benzene rings is 1. The molecule has 1 aliphatic heterocycles. The van der Waals surface area contributed by atoms with Gasteiger partial charge in [-0.25, -0.2) is 0 Å². The molecule has 0 bridgehead atoms. The van der Waals surface area contributed by atoms with E-state index < -0.39 is 6.10 Å². The van der Waals surface area contributed by atoms with Crippen LogP contribution in [0.4, 0.5) is 11.4 Å². The van der Waals surface area contributed by atoms with E-state index in [9.17, 15) is 9.59 Å². The smallest absolute Gasteiger partial charge is 0.267 e. The molecule has 142 valence electrons. The van der Waals surface area contributed by atoms with Crippen LogP contribution >= 0.6 is 0 Å². The molecule has 0 saturated carbocycles. The lowest BCUT2D eigenvalue weighted by atomic mass is 10.1. The van der Waals surface area contributed by atoms with Crippen molar-refractivity contribution in [3.05, 3.63) is 48.3 Å². The second-order valence-corrected chi connectivity index (χ2v) is 6.78. The van der Waals surface area contributed by atoms with Crippen molar-refractivity contribution in [1.29, 1.82) is 0 Å². The number of anilines is 2. The van der Waals surface area contributed by atoms with Gasteiger partial charge in [-0.3, -0.25) is 14.6 Å². The van der Waals surface area contributed by atoms with Gasteiger partial charge in [0.05, 0.1) is 5.69 Å². The van der Waals surface area contributed by atoms with Crippen molar-refractivity contribution in [2.24, 2.45) is 0 Å². The Hall–Kier alpha value is -2.93. The third kappa shape index (κ3) is 4.43. The number of rotatable bonds is 6. The van der Waals surface area contributed by atoms with Crippen LogP contribution in [0.3, 0.4) is 0 Å². The number of nitrogens with one attached hydrogen (secondary N) is 1. The average molecular weight is 368 g/mol. The number of hydrogen-bond acceptors (Lipinski definition) is 5. The molecule has 0 aliphatic carbocycles. The molecule has 0 spiro atoms. The molecule has 1 atom stereocenters. The van der Waals surface area contributed by atoms with Crippen molar-refractivity contribution >= 4 is 23.2 Å². The molecule has 0 saturated heterocycles. The molecule has 7 heteroatoms. The van der Waals surface area contributed by atoms with Crippen LogP contribution in [-0.4, -0.2) is 55.0 Å². The minimum Gasteiger partial charge on any atom is -0.479 e. The zero-order valence-corrected chi connectivity index (χ0v) is 15.8. The van der Waals surface area contributed by atoms with E-state index >= 15 is 0 Å². The third-order valence-corrected chi connectivity index (χ3v) is 4.35. The fourth-order valence-corrected chi connectivity index (χ4v) is 2.97. The van der Waals surface area contributed by atoms with Gasteiger partial charge in [-0.2, -0.15) is 0 Å². The van der Waals surface area contributed by atoms with Crippen molar-refractivity contribution in [3.63, 3.8) is 0 Å². The molecule has 27 heavy (non-hydrogen) atoms. The number of aromatic nitrogens is 1. The molecule has 7 nitrogen and oxygen atoms in total. The van der Waals surface area contributed by atoms with Crippen molar-refractivity contribution < 1.29 is 14.3 Å². The summed E-state index contributed by atoms with van der Waals surface area (Å²) < 4.78 is 5.72. The molecular weight excluding hydrogens is 344 g/mol. The van der Waals surface area contributed by atoms with E-state index in [0.29, 0.717) is 29.2 Å². The van der Waals surface area contributed by atoms with Gasteiger partial charge in [-0.05, 0) is 64.3 Å². The number of pyridine rings is 1. The third-order valence-electron chi connectivity index (χ3n) is 4.35. The number of nitrogens with zero attached hydrogens (tertiary/aromatic N) is 3. The molecule has 2 heterocycles. The maximum Gasteiger partial charge on any atom is 0.267 e. The largest absolute Gasteiger partial charge is 0.479 e. The van der Waals surface area contributed by atoms with Gasteiger partial charge in [0, 0.05) is 30.2 Å². The summed E-state index contributed by atoms with van der Waals surface area (Å²) in [5.74, 6) is 0.348. The number of carbonyl (C=O) groups excluding carboxylic acids is 2. The summed E-state index contributed by atoms with van der Waals surface area (Å²) in [4.78, 5) is 32.7. The quantitative estimate of drug-likeness (QED) is 0.847. The van der Waals surface area contributed by atoms with Gasteiger partial charge in [-0.15, -0.1) is 0 Å². The molecule has 2 aromatic rings. The highest BCUT2D eigenvalue weighted by Gasteiger charge is 2.31. The van der Waals surface area contributed by atoms with Crippen LogP contribution in [0.25, 0.3) is 0 Å². The summed E-state index contributed by atoms with van der Waals surface area (Å²) in [7, 11) is 4.01. The summed E-state index contributed by atoms with van der Waals surface area (Å²) in [5, 5.41) is 2.86. The molecule has 1 N–H and O–H groups in total. The number of hydrogen-bond donors (Lipinski definition) is 1. The van der Waals surface area contributed by atoms with Crippen LogP contribution < -0.4 is 15.0 Å². The predicted molar refractivity (Wildman–Crippen MR) is 104 cm³/mol. The summed E-state index contributed by atoms with van der Waals surface area (Å²) in [5.41, 5.74) is 1.81. The first-order valence-corrected chi connectivity index (χ1v) is 8.94. The number of amides is 2. The van der Waals surface area contributed by atoms with Gasteiger partial charge < -0.3 is 19.9 Å². The van der Waals surface area contributed by atoms with Crippen LogP contribution in [0.2, 0.25) is 0 Å². The van der Waals surface area contributed by atoms with Gasteiger partial charge in [0.15, 0.2) is 6.10 Å². The summed E-state index contributed by atoms with van der Waals surface area (Å²) >= 11 is 0. The van der Waals surface area contributed by atoms with Gasteiger partial charge >= 0.3 is 0 Å². The normalized spacial score (nSPS) is 16.1. The Balaban J connectivity index is 1.81. The van der Waals surface area contributed by atoms with Gasteiger partial charge in [0.25, 0.3) is 11.8 Å². The van der Waals surface area contributed by atoms with E-state index in [1.54, 1.807) is 54.5 Å². The lowest BCUT2D eigenvalue weighted by molar-refractivity contribution is -0.125. The number of ether oxygens (including phenoxy) is 1. The zero-order chi connectivity index (χ0) is 19.4. The molecule has 1 aliphatic rings. The second kappa shape index (κ2) is 8.18.